The molecule has 21 heavy (non-hydrogen) atoms. The fourth-order valence-corrected chi connectivity index (χ4v) is 2.39. The van der Waals surface area contributed by atoms with E-state index in [0.29, 0.717) is 17.1 Å². The van der Waals surface area contributed by atoms with E-state index in [1.54, 1.807) is 18.2 Å². The third kappa shape index (κ3) is 2.40. The van der Waals surface area contributed by atoms with Gasteiger partial charge >= 0.3 is 5.97 Å². The Bertz CT molecular complexity index is 877. The van der Waals surface area contributed by atoms with Gasteiger partial charge in [-0.15, -0.1) is 0 Å². The summed E-state index contributed by atoms with van der Waals surface area (Å²) in [5.41, 5.74) is 0.885. The van der Waals surface area contributed by atoms with E-state index in [0.717, 1.165) is 10.5 Å². The molecule has 2 N–H and O–H groups in total. The number of carbonyl (C=O) groups is 1. The molecule has 0 radical (unpaired) electrons. The van der Waals surface area contributed by atoms with Crippen LogP contribution < -0.4 is 0 Å². The van der Waals surface area contributed by atoms with Crippen LogP contribution in [0.25, 0.3) is 22.4 Å². The number of hydrogen-bond acceptors (Lipinski definition) is 2. The smallest absolute Gasteiger partial charge is 0.336 e. The van der Waals surface area contributed by atoms with E-state index in [1.165, 1.54) is 0 Å². The fourth-order valence-electron chi connectivity index (χ4n) is 2.03. The van der Waals surface area contributed by atoms with Crippen molar-refractivity contribution in [2.45, 2.75) is 0 Å². The Balaban J connectivity index is 2.26. The number of aromatic amines is 1. The zero-order chi connectivity index (χ0) is 15.1. The first kappa shape index (κ1) is 13.7. The molecule has 0 saturated heterocycles. The fraction of sp³-hybridized carbons (Fsp3) is 0. The normalized spacial score (nSPS) is 11.0. The molecule has 0 amide bonds. The highest BCUT2D eigenvalue weighted by Crippen LogP contribution is 2.27. The molecule has 1 aromatic heterocycles. The molecular weight excluding hydrogens is 346 g/mol. The van der Waals surface area contributed by atoms with Crippen LogP contribution in [0.2, 0.25) is 0 Å². The Hall–Kier alpha value is -2.28. The molecule has 7 heteroatoms. The number of imidazole rings is 1. The van der Waals surface area contributed by atoms with Gasteiger partial charge in [-0.1, -0.05) is 15.9 Å². The standard InChI is InChI=1S/C14H7BrF2N2O2/c15-6-1-2-11-12(3-6)19-13(18-11)7-4-9(16)10(17)5-8(7)14(20)21/h1-5H,(H,18,19)(H,20,21). The number of rotatable bonds is 2. The second-order valence-electron chi connectivity index (χ2n) is 4.36. The van der Waals surface area contributed by atoms with Gasteiger partial charge in [-0.3, -0.25) is 0 Å². The van der Waals surface area contributed by atoms with E-state index in [2.05, 4.69) is 25.9 Å². The quantitative estimate of drug-likeness (QED) is 0.733. The lowest BCUT2D eigenvalue weighted by Gasteiger charge is -2.04. The maximum Gasteiger partial charge on any atom is 0.336 e. The average molecular weight is 353 g/mol. The summed E-state index contributed by atoms with van der Waals surface area (Å²) in [6, 6.07) is 6.73. The van der Waals surface area contributed by atoms with Gasteiger partial charge in [0, 0.05) is 10.0 Å². The van der Waals surface area contributed by atoms with Crippen LogP contribution in [-0.2, 0) is 0 Å². The van der Waals surface area contributed by atoms with Gasteiger partial charge in [-0.2, -0.15) is 0 Å². The summed E-state index contributed by atoms with van der Waals surface area (Å²) in [4.78, 5) is 18.3. The van der Waals surface area contributed by atoms with Crippen molar-refractivity contribution >= 4 is 32.9 Å². The number of halogens is 3. The topological polar surface area (TPSA) is 66.0 Å². The predicted octanol–water partition coefficient (Wildman–Crippen LogP) is 3.97. The van der Waals surface area contributed by atoms with E-state index in [4.69, 9.17) is 5.11 Å². The Morgan fingerprint density at radius 2 is 1.90 bits per heavy atom. The van der Waals surface area contributed by atoms with Crippen molar-refractivity contribution in [1.82, 2.24) is 9.97 Å². The highest BCUT2D eigenvalue weighted by Gasteiger charge is 2.19. The number of carboxylic acids is 1. The van der Waals surface area contributed by atoms with Crippen LogP contribution in [0.15, 0.2) is 34.8 Å². The highest BCUT2D eigenvalue weighted by atomic mass is 79.9. The summed E-state index contributed by atoms with van der Waals surface area (Å²) in [5.74, 6) is -3.53. The van der Waals surface area contributed by atoms with Crippen LogP contribution in [0.4, 0.5) is 8.78 Å². The molecule has 0 saturated carbocycles. The second kappa shape index (κ2) is 4.92. The first-order valence-electron chi connectivity index (χ1n) is 5.83. The van der Waals surface area contributed by atoms with E-state index >= 15 is 0 Å². The van der Waals surface area contributed by atoms with Crippen LogP contribution >= 0.6 is 15.9 Å². The van der Waals surface area contributed by atoms with Gasteiger partial charge in [0.25, 0.3) is 0 Å². The molecule has 0 fully saturated rings. The molecule has 4 nitrogen and oxygen atoms in total. The van der Waals surface area contributed by atoms with Crippen molar-refractivity contribution < 1.29 is 18.7 Å². The summed E-state index contributed by atoms with van der Waals surface area (Å²) < 4.78 is 27.4. The zero-order valence-corrected chi connectivity index (χ0v) is 11.9. The van der Waals surface area contributed by atoms with Crippen molar-refractivity contribution in [3.63, 3.8) is 0 Å². The minimum atomic E-state index is -1.36. The number of hydrogen-bond donors (Lipinski definition) is 2. The highest BCUT2D eigenvalue weighted by molar-refractivity contribution is 9.10. The van der Waals surface area contributed by atoms with Gasteiger partial charge in [-0.05, 0) is 30.3 Å². The van der Waals surface area contributed by atoms with E-state index in [-0.39, 0.29) is 17.0 Å². The van der Waals surface area contributed by atoms with E-state index < -0.39 is 17.6 Å². The third-order valence-corrected chi connectivity index (χ3v) is 3.48. The molecule has 3 rings (SSSR count). The van der Waals surface area contributed by atoms with Crippen molar-refractivity contribution in [3.8, 4) is 11.4 Å². The summed E-state index contributed by atoms with van der Waals surface area (Å²) in [5, 5.41) is 9.12. The van der Waals surface area contributed by atoms with Crippen molar-refractivity contribution in [2.75, 3.05) is 0 Å². The molecule has 0 aliphatic carbocycles. The first-order valence-corrected chi connectivity index (χ1v) is 6.63. The molecule has 0 unspecified atom stereocenters. The van der Waals surface area contributed by atoms with Crippen LogP contribution in [0.1, 0.15) is 10.4 Å². The number of nitrogens with zero attached hydrogens (tertiary/aromatic N) is 1. The summed E-state index contributed by atoms with van der Waals surface area (Å²) in [6.07, 6.45) is 0. The Morgan fingerprint density at radius 1 is 1.19 bits per heavy atom. The number of H-pyrrole nitrogens is 1. The van der Waals surface area contributed by atoms with Crippen LogP contribution in [0.5, 0.6) is 0 Å². The van der Waals surface area contributed by atoms with Gasteiger partial charge in [0.05, 0.1) is 16.6 Å². The number of fused-ring (bicyclic) bond motifs is 1. The Kier molecular flexibility index (Phi) is 3.21. The molecule has 3 aromatic rings. The molecule has 0 aliphatic rings. The third-order valence-electron chi connectivity index (χ3n) is 2.99. The molecule has 0 spiro atoms. The maximum atomic E-state index is 13.4. The Morgan fingerprint density at radius 3 is 2.62 bits per heavy atom. The zero-order valence-electron chi connectivity index (χ0n) is 10.3. The number of nitrogens with one attached hydrogen (secondary N) is 1. The second-order valence-corrected chi connectivity index (χ2v) is 5.28. The molecule has 0 atom stereocenters. The van der Waals surface area contributed by atoms with Crippen LogP contribution in [0, 0.1) is 11.6 Å². The molecule has 1 heterocycles. The van der Waals surface area contributed by atoms with E-state index in [9.17, 15) is 13.6 Å². The lowest BCUT2D eigenvalue weighted by Crippen LogP contribution is -2.03. The molecule has 0 bridgehead atoms. The van der Waals surface area contributed by atoms with Gasteiger partial charge < -0.3 is 10.1 Å². The summed E-state index contributed by atoms with van der Waals surface area (Å²) in [7, 11) is 0. The van der Waals surface area contributed by atoms with Crippen molar-refractivity contribution in [2.24, 2.45) is 0 Å². The largest absolute Gasteiger partial charge is 0.478 e. The van der Waals surface area contributed by atoms with E-state index in [1.807, 2.05) is 0 Å². The number of carboxylic acid groups (broad SMARTS) is 1. The lowest BCUT2D eigenvalue weighted by molar-refractivity contribution is 0.0697. The molecule has 2 aromatic carbocycles. The van der Waals surface area contributed by atoms with Crippen LogP contribution in [0.3, 0.4) is 0 Å². The maximum absolute atomic E-state index is 13.4. The van der Waals surface area contributed by atoms with Crippen LogP contribution in [-0.4, -0.2) is 21.0 Å². The predicted molar refractivity (Wildman–Crippen MR) is 76.1 cm³/mol. The van der Waals surface area contributed by atoms with Crippen molar-refractivity contribution in [1.29, 1.82) is 0 Å². The lowest BCUT2D eigenvalue weighted by atomic mass is 10.1. The van der Waals surface area contributed by atoms with Gasteiger partial charge in [0.15, 0.2) is 11.6 Å². The molecular formula is C14H7BrF2N2O2. The summed E-state index contributed by atoms with van der Waals surface area (Å²) in [6.45, 7) is 0. The van der Waals surface area contributed by atoms with Gasteiger partial charge in [-0.25, -0.2) is 18.6 Å². The first-order chi connectivity index (χ1) is 9.95. The summed E-state index contributed by atoms with van der Waals surface area (Å²) >= 11 is 3.31. The number of aromatic nitrogens is 2. The molecule has 106 valence electrons. The average Bonchev–Trinajstić information content (AvgIpc) is 2.83. The minimum Gasteiger partial charge on any atom is -0.478 e. The number of benzene rings is 2. The molecule has 0 aliphatic heterocycles. The van der Waals surface area contributed by atoms with Gasteiger partial charge in [0.2, 0.25) is 0 Å². The monoisotopic (exact) mass is 352 g/mol. The van der Waals surface area contributed by atoms with Crippen molar-refractivity contribution in [3.05, 3.63) is 52.0 Å². The minimum absolute atomic E-state index is 0.00581. The number of aromatic carboxylic acids is 1. The SMILES string of the molecule is O=C(O)c1cc(F)c(F)cc1-c1nc2ccc(Br)cc2[nH]1. The Labute approximate surface area is 125 Å². The van der Waals surface area contributed by atoms with Gasteiger partial charge in [0.1, 0.15) is 5.82 Å².